The third-order valence-corrected chi connectivity index (χ3v) is 3.69. The second-order valence-electron chi connectivity index (χ2n) is 4.37. The van der Waals surface area contributed by atoms with Crippen molar-refractivity contribution in [3.8, 4) is 5.88 Å². The first-order chi connectivity index (χ1) is 9.49. The number of ether oxygens (including phenoxy) is 1. The van der Waals surface area contributed by atoms with Crippen molar-refractivity contribution in [1.29, 1.82) is 0 Å². The van der Waals surface area contributed by atoms with E-state index in [0.29, 0.717) is 18.1 Å². The highest BCUT2D eigenvalue weighted by Gasteiger charge is 2.14. The van der Waals surface area contributed by atoms with Crippen LogP contribution < -0.4 is 10.5 Å². The number of rotatable bonds is 4. The number of aryl methyl sites for hydroxylation is 1. The van der Waals surface area contributed by atoms with Gasteiger partial charge in [-0.15, -0.1) is 5.10 Å². The quantitative estimate of drug-likeness (QED) is 0.857. The van der Waals surface area contributed by atoms with Crippen LogP contribution in [0, 0.1) is 13.8 Å². The van der Waals surface area contributed by atoms with Gasteiger partial charge in [0.25, 0.3) is 0 Å². The van der Waals surface area contributed by atoms with Crippen LogP contribution in [-0.2, 0) is 6.61 Å². The summed E-state index contributed by atoms with van der Waals surface area (Å²) < 4.78 is 6.73. The second kappa shape index (κ2) is 6.28. The average Bonchev–Trinajstić information content (AvgIpc) is 2.41. The van der Waals surface area contributed by atoms with E-state index in [0.717, 1.165) is 21.3 Å². The van der Waals surface area contributed by atoms with Crippen LogP contribution in [0.4, 0.5) is 0 Å². The van der Waals surface area contributed by atoms with Crippen molar-refractivity contribution >= 4 is 33.1 Å². The van der Waals surface area contributed by atoms with Crippen molar-refractivity contribution in [2.24, 2.45) is 5.73 Å². The molecule has 104 valence electrons. The van der Waals surface area contributed by atoms with Gasteiger partial charge in [0.05, 0.1) is 11.3 Å². The highest BCUT2D eigenvalue weighted by Crippen LogP contribution is 2.21. The Kier molecular flexibility index (Phi) is 4.67. The zero-order valence-electron chi connectivity index (χ0n) is 11.2. The van der Waals surface area contributed by atoms with Crippen LogP contribution in [0.2, 0.25) is 0 Å². The summed E-state index contributed by atoms with van der Waals surface area (Å²) in [5.74, 6) is 0.378. The van der Waals surface area contributed by atoms with Crippen LogP contribution in [0.25, 0.3) is 0 Å². The molecule has 0 fully saturated rings. The monoisotopic (exact) mass is 351 g/mol. The normalized spacial score (nSPS) is 10.3. The molecule has 0 saturated heterocycles. The third-order valence-electron chi connectivity index (χ3n) is 2.96. The van der Waals surface area contributed by atoms with Crippen molar-refractivity contribution < 1.29 is 4.74 Å². The number of thiocarbonyl (C=S) groups is 1. The molecule has 0 aliphatic carbocycles. The number of nitrogens with two attached hydrogens (primary N) is 1. The summed E-state index contributed by atoms with van der Waals surface area (Å²) in [6.07, 6.45) is 0. The van der Waals surface area contributed by atoms with Crippen molar-refractivity contribution in [2.45, 2.75) is 20.5 Å². The van der Waals surface area contributed by atoms with E-state index in [-0.39, 0.29) is 4.99 Å². The van der Waals surface area contributed by atoms with Crippen molar-refractivity contribution in [1.82, 2.24) is 10.2 Å². The van der Waals surface area contributed by atoms with E-state index in [1.807, 2.05) is 38.1 Å². The van der Waals surface area contributed by atoms with E-state index in [9.17, 15) is 0 Å². The molecule has 20 heavy (non-hydrogen) atoms. The second-order valence-corrected chi connectivity index (χ2v) is 5.73. The Balaban J connectivity index is 2.23. The van der Waals surface area contributed by atoms with Gasteiger partial charge in [-0.25, -0.2) is 0 Å². The summed E-state index contributed by atoms with van der Waals surface area (Å²) in [6.45, 7) is 4.16. The van der Waals surface area contributed by atoms with E-state index in [1.54, 1.807) is 0 Å². The third kappa shape index (κ3) is 3.32. The standard InChI is InChI=1S/C14H14BrN3OS/c1-8-9(2)17-18-14(12(8)13(16)20)19-7-10-3-5-11(15)6-4-10/h3-6H,7H2,1-2H3,(H2,16,20). The molecule has 0 aliphatic heterocycles. The van der Waals surface area contributed by atoms with E-state index >= 15 is 0 Å². The van der Waals surface area contributed by atoms with E-state index < -0.39 is 0 Å². The first-order valence-corrected chi connectivity index (χ1v) is 7.20. The molecule has 1 aromatic heterocycles. The molecule has 0 atom stereocenters. The molecule has 0 amide bonds. The molecule has 0 bridgehead atoms. The zero-order valence-corrected chi connectivity index (χ0v) is 13.6. The number of hydrogen-bond donors (Lipinski definition) is 1. The molecule has 2 rings (SSSR count). The zero-order chi connectivity index (χ0) is 14.7. The van der Waals surface area contributed by atoms with E-state index in [2.05, 4.69) is 26.1 Å². The average molecular weight is 352 g/mol. The maximum absolute atomic E-state index is 5.75. The van der Waals surface area contributed by atoms with Crippen molar-refractivity contribution in [3.05, 3.63) is 51.1 Å². The Labute approximate surface area is 131 Å². The lowest BCUT2D eigenvalue weighted by molar-refractivity contribution is 0.289. The minimum atomic E-state index is 0.270. The van der Waals surface area contributed by atoms with Crippen LogP contribution in [0.15, 0.2) is 28.7 Å². The lowest BCUT2D eigenvalue weighted by Crippen LogP contribution is -2.16. The molecular formula is C14H14BrN3OS. The van der Waals surface area contributed by atoms with Crippen LogP contribution >= 0.6 is 28.1 Å². The van der Waals surface area contributed by atoms with Gasteiger partial charge in [-0.2, -0.15) is 5.10 Å². The number of benzene rings is 1. The first-order valence-electron chi connectivity index (χ1n) is 6.00. The summed E-state index contributed by atoms with van der Waals surface area (Å²) in [5, 5.41) is 8.09. The minimum absolute atomic E-state index is 0.270. The highest BCUT2D eigenvalue weighted by molar-refractivity contribution is 9.10. The number of hydrogen-bond acceptors (Lipinski definition) is 4. The molecule has 2 aromatic rings. The molecule has 6 heteroatoms. The molecule has 1 aromatic carbocycles. The topological polar surface area (TPSA) is 61.0 Å². The van der Waals surface area contributed by atoms with Crippen LogP contribution in [-0.4, -0.2) is 15.2 Å². The van der Waals surface area contributed by atoms with Gasteiger partial charge >= 0.3 is 0 Å². The maximum Gasteiger partial charge on any atom is 0.244 e. The minimum Gasteiger partial charge on any atom is -0.471 e. The van der Waals surface area contributed by atoms with Gasteiger partial charge in [0.2, 0.25) is 5.88 Å². The Morgan fingerprint density at radius 3 is 2.50 bits per heavy atom. The molecule has 0 spiro atoms. The Bertz CT molecular complexity index is 644. The lowest BCUT2D eigenvalue weighted by atomic mass is 10.1. The van der Waals surface area contributed by atoms with Crippen molar-refractivity contribution in [3.63, 3.8) is 0 Å². The lowest BCUT2D eigenvalue weighted by Gasteiger charge is -2.12. The molecule has 4 nitrogen and oxygen atoms in total. The maximum atomic E-state index is 5.75. The van der Waals surface area contributed by atoms with Gasteiger partial charge in [-0.1, -0.05) is 40.3 Å². The summed E-state index contributed by atoms with van der Waals surface area (Å²) in [5.41, 5.74) is 9.13. The number of halogens is 1. The fourth-order valence-electron chi connectivity index (χ4n) is 1.71. The molecule has 0 radical (unpaired) electrons. The molecule has 1 heterocycles. The smallest absolute Gasteiger partial charge is 0.244 e. The fourth-order valence-corrected chi connectivity index (χ4v) is 2.22. The van der Waals surface area contributed by atoms with Gasteiger partial charge < -0.3 is 10.5 Å². The van der Waals surface area contributed by atoms with E-state index in [1.165, 1.54) is 0 Å². The summed E-state index contributed by atoms with van der Waals surface area (Å²) in [6, 6.07) is 7.86. The van der Waals surface area contributed by atoms with E-state index in [4.69, 9.17) is 22.7 Å². The SMILES string of the molecule is Cc1nnc(OCc2ccc(Br)cc2)c(C(N)=S)c1C. The summed E-state index contributed by atoms with van der Waals surface area (Å²) in [7, 11) is 0. The van der Waals surface area contributed by atoms with Gasteiger partial charge in [0.1, 0.15) is 11.6 Å². The van der Waals surface area contributed by atoms with Crippen LogP contribution in [0.5, 0.6) is 5.88 Å². The molecule has 0 aliphatic rings. The molecular weight excluding hydrogens is 338 g/mol. The number of aromatic nitrogens is 2. The Morgan fingerprint density at radius 2 is 1.90 bits per heavy atom. The fraction of sp³-hybridized carbons (Fsp3) is 0.214. The highest BCUT2D eigenvalue weighted by atomic mass is 79.9. The van der Waals surface area contributed by atoms with Crippen LogP contribution in [0.1, 0.15) is 22.4 Å². The van der Waals surface area contributed by atoms with Gasteiger partial charge in [-0.3, -0.25) is 0 Å². The molecule has 0 unspecified atom stereocenters. The molecule has 0 saturated carbocycles. The van der Waals surface area contributed by atoms with Crippen molar-refractivity contribution in [2.75, 3.05) is 0 Å². The largest absolute Gasteiger partial charge is 0.471 e. The van der Waals surface area contributed by atoms with Gasteiger partial charge in [0, 0.05) is 4.47 Å². The Morgan fingerprint density at radius 1 is 1.25 bits per heavy atom. The predicted octanol–water partition coefficient (Wildman–Crippen LogP) is 3.07. The number of nitrogens with zero attached hydrogens (tertiary/aromatic N) is 2. The first kappa shape index (κ1) is 14.9. The van der Waals surface area contributed by atoms with Gasteiger partial charge in [-0.05, 0) is 37.1 Å². The summed E-state index contributed by atoms with van der Waals surface area (Å²) in [4.78, 5) is 0.270. The van der Waals surface area contributed by atoms with Gasteiger partial charge in [0.15, 0.2) is 0 Å². The Hall–Kier alpha value is -1.53. The molecule has 2 N–H and O–H groups in total. The predicted molar refractivity (Wildman–Crippen MR) is 85.9 cm³/mol. The summed E-state index contributed by atoms with van der Waals surface area (Å²) >= 11 is 8.46. The van der Waals surface area contributed by atoms with Crippen LogP contribution in [0.3, 0.4) is 0 Å².